The number of nitrogens with zero attached hydrogens (tertiary/aromatic N) is 1. The molecule has 0 atom stereocenters. The number of guanidine groups is 1. The number of halogens is 2. The fourth-order valence-corrected chi connectivity index (χ4v) is 3.94. The third kappa shape index (κ3) is 7.75. The first kappa shape index (κ1) is 24.5. The number of hydrogen-bond donors (Lipinski definition) is 3. The van der Waals surface area contributed by atoms with Crippen LogP contribution < -0.4 is 16.0 Å². The number of hydrogen-bond acceptors (Lipinski definition) is 3. The maximum Gasteiger partial charge on any atom is 0.407 e. The molecule has 2 amide bonds. The van der Waals surface area contributed by atoms with Gasteiger partial charge in [-0.25, -0.2) is 9.18 Å². The Morgan fingerprint density at radius 2 is 1.79 bits per heavy atom. The van der Waals surface area contributed by atoms with Gasteiger partial charge in [0.05, 0.1) is 6.61 Å². The predicted octanol–water partition coefficient (Wildman–Crippen LogP) is 5.04. The van der Waals surface area contributed by atoms with Gasteiger partial charge in [0.2, 0.25) is 5.96 Å². The molecule has 0 aliphatic heterocycles. The number of carbonyl (C=O) groups excluding carboxylic acids is 2. The van der Waals surface area contributed by atoms with Crippen LogP contribution in [0.1, 0.15) is 48.5 Å². The minimum Gasteiger partial charge on any atom is -0.450 e. The summed E-state index contributed by atoms with van der Waals surface area (Å²) in [6.45, 7) is 3.99. The van der Waals surface area contributed by atoms with E-state index in [9.17, 15) is 14.0 Å². The quantitative estimate of drug-likeness (QED) is 0.417. The number of aliphatic imine (C=N–C) groups is 1. The Morgan fingerprint density at radius 1 is 1.09 bits per heavy atom. The summed E-state index contributed by atoms with van der Waals surface area (Å²) in [5.74, 6) is -0.709. The molecule has 0 bridgehead atoms. The van der Waals surface area contributed by atoms with Crippen molar-refractivity contribution >= 4 is 35.2 Å². The highest BCUT2D eigenvalue weighted by molar-refractivity contribution is 6.31. The summed E-state index contributed by atoms with van der Waals surface area (Å²) < 4.78 is 18.8. The monoisotopic (exact) mass is 474 g/mol. The van der Waals surface area contributed by atoms with Gasteiger partial charge in [-0.3, -0.25) is 4.79 Å². The van der Waals surface area contributed by atoms with Gasteiger partial charge in [-0.1, -0.05) is 29.3 Å². The van der Waals surface area contributed by atoms with Crippen molar-refractivity contribution in [2.75, 3.05) is 11.9 Å². The van der Waals surface area contributed by atoms with E-state index in [1.54, 1.807) is 31.2 Å². The molecule has 0 radical (unpaired) electrons. The van der Waals surface area contributed by atoms with Gasteiger partial charge in [-0.2, -0.15) is 4.99 Å². The lowest BCUT2D eigenvalue weighted by molar-refractivity contribution is 0.100. The molecule has 9 heteroatoms. The molecule has 1 aliphatic carbocycles. The molecule has 1 aliphatic rings. The summed E-state index contributed by atoms with van der Waals surface area (Å²) in [6.07, 6.45) is 2.59. The van der Waals surface area contributed by atoms with Crippen molar-refractivity contribution in [2.24, 2.45) is 4.99 Å². The maximum atomic E-state index is 13.8. The molecule has 3 rings (SSSR count). The molecular formula is C24H28ClFN4O3. The first-order valence-corrected chi connectivity index (χ1v) is 11.3. The molecule has 1 fully saturated rings. The molecule has 0 saturated heterocycles. The summed E-state index contributed by atoms with van der Waals surface area (Å²) in [4.78, 5) is 28.7. The Morgan fingerprint density at radius 3 is 2.42 bits per heavy atom. The second kappa shape index (κ2) is 11.7. The van der Waals surface area contributed by atoms with E-state index < -0.39 is 17.8 Å². The first-order chi connectivity index (χ1) is 15.8. The molecule has 33 heavy (non-hydrogen) atoms. The SMILES string of the molecule is CCOC(=O)NC1CCC(N/C(=N\C(=O)c2cccc(C)c2)Nc2cc(F)cc(Cl)c2)CC1. The number of carbonyl (C=O) groups is 2. The first-order valence-electron chi connectivity index (χ1n) is 10.9. The van der Waals surface area contributed by atoms with Crippen LogP contribution in [0.5, 0.6) is 0 Å². The highest BCUT2D eigenvalue weighted by atomic mass is 35.5. The minimum absolute atomic E-state index is 0.0193. The standard InChI is InChI=1S/C24H28ClFN4O3/c1-3-33-24(32)29-20-9-7-19(8-10-20)27-23(28-21-13-17(25)12-18(26)14-21)30-22(31)16-6-4-5-15(2)11-16/h4-6,11-14,19-20H,3,7-10H2,1-2H3,(H,29,32)(H2,27,28,30,31). The lowest BCUT2D eigenvalue weighted by Crippen LogP contribution is -2.45. The van der Waals surface area contributed by atoms with E-state index in [2.05, 4.69) is 20.9 Å². The van der Waals surface area contributed by atoms with Crippen molar-refractivity contribution < 1.29 is 18.7 Å². The highest BCUT2D eigenvalue weighted by Gasteiger charge is 2.24. The third-order valence-electron chi connectivity index (χ3n) is 5.27. The molecular weight excluding hydrogens is 447 g/mol. The van der Waals surface area contributed by atoms with Crippen molar-refractivity contribution in [2.45, 2.75) is 51.6 Å². The zero-order valence-corrected chi connectivity index (χ0v) is 19.4. The van der Waals surface area contributed by atoms with Gasteiger partial charge in [0, 0.05) is 28.4 Å². The number of ether oxygens (including phenoxy) is 1. The van der Waals surface area contributed by atoms with E-state index in [-0.39, 0.29) is 23.1 Å². The van der Waals surface area contributed by atoms with Crippen LogP contribution in [0.15, 0.2) is 47.5 Å². The minimum atomic E-state index is -0.500. The van der Waals surface area contributed by atoms with Crippen LogP contribution in [-0.4, -0.2) is 36.7 Å². The smallest absolute Gasteiger partial charge is 0.407 e. The van der Waals surface area contributed by atoms with Crippen LogP contribution in [0.25, 0.3) is 0 Å². The van der Waals surface area contributed by atoms with Crippen LogP contribution in [0, 0.1) is 12.7 Å². The van der Waals surface area contributed by atoms with E-state index in [1.165, 1.54) is 12.1 Å². The maximum absolute atomic E-state index is 13.8. The fourth-order valence-electron chi connectivity index (χ4n) is 3.72. The summed E-state index contributed by atoms with van der Waals surface area (Å²) in [5.41, 5.74) is 1.78. The molecule has 176 valence electrons. The molecule has 0 spiro atoms. The normalized spacial score (nSPS) is 18.4. The molecule has 0 unspecified atom stereocenters. The molecule has 7 nitrogen and oxygen atoms in total. The number of rotatable bonds is 5. The molecule has 3 N–H and O–H groups in total. The number of aryl methyl sites for hydroxylation is 1. The molecule has 2 aromatic rings. The highest BCUT2D eigenvalue weighted by Crippen LogP contribution is 2.21. The van der Waals surface area contributed by atoms with Crippen molar-refractivity contribution in [1.82, 2.24) is 10.6 Å². The van der Waals surface area contributed by atoms with Crippen LogP contribution in [0.2, 0.25) is 5.02 Å². The molecule has 2 aromatic carbocycles. The molecule has 0 heterocycles. The van der Waals surface area contributed by atoms with Crippen molar-refractivity contribution in [3.8, 4) is 0 Å². The zero-order valence-electron chi connectivity index (χ0n) is 18.7. The molecule has 0 aromatic heterocycles. The summed E-state index contributed by atoms with van der Waals surface area (Å²) in [5, 5.41) is 9.34. The van der Waals surface area contributed by atoms with Gasteiger partial charge in [-0.05, 0) is 69.9 Å². The van der Waals surface area contributed by atoms with Gasteiger partial charge in [0.1, 0.15) is 5.82 Å². The second-order valence-electron chi connectivity index (χ2n) is 7.98. The van der Waals surface area contributed by atoms with E-state index in [1.807, 2.05) is 13.0 Å². The van der Waals surface area contributed by atoms with Crippen molar-refractivity contribution in [3.05, 3.63) is 64.4 Å². The van der Waals surface area contributed by atoms with Crippen LogP contribution in [0.3, 0.4) is 0 Å². The number of nitrogens with one attached hydrogen (secondary N) is 3. The van der Waals surface area contributed by atoms with Crippen LogP contribution in [0.4, 0.5) is 14.9 Å². The van der Waals surface area contributed by atoms with Crippen molar-refractivity contribution in [3.63, 3.8) is 0 Å². The Bertz CT molecular complexity index is 1000. The average Bonchev–Trinajstić information content (AvgIpc) is 2.74. The summed E-state index contributed by atoms with van der Waals surface area (Å²) in [6, 6.07) is 11.2. The Kier molecular flexibility index (Phi) is 8.65. The third-order valence-corrected chi connectivity index (χ3v) is 5.49. The van der Waals surface area contributed by atoms with E-state index in [0.717, 1.165) is 31.2 Å². The summed E-state index contributed by atoms with van der Waals surface area (Å²) >= 11 is 5.97. The lowest BCUT2D eigenvalue weighted by atomic mass is 9.91. The number of alkyl carbamates (subject to hydrolysis) is 1. The molecule has 1 saturated carbocycles. The van der Waals surface area contributed by atoms with Gasteiger partial charge in [-0.15, -0.1) is 0 Å². The van der Waals surface area contributed by atoms with Gasteiger partial charge < -0.3 is 20.7 Å². The number of anilines is 1. The van der Waals surface area contributed by atoms with E-state index in [4.69, 9.17) is 16.3 Å². The lowest BCUT2D eigenvalue weighted by Gasteiger charge is -2.30. The van der Waals surface area contributed by atoms with Crippen LogP contribution >= 0.6 is 11.6 Å². The average molecular weight is 475 g/mol. The predicted molar refractivity (Wildman–Crippen MR) is 127 cm³/mol. The fraction of sp³-hybridized carbons (Fsp3) is 0.375. The van der Waals surface area contributed by atoms with Gasteiger partial charge in [0.25, 0.3) is 5.91 Å². The number of benzene rings is 2. The summed E-state index contributed by atoms with van der Waals surface area (Å²) in [7, 11) is 0. The zero-order chi connectivity index (χ0) is 23.8. The largest absolute Gasteiger partial charge is 0.450 e. The number of amides is 2. The Hall–Kier alpha value is -3.13. The Labute approximate surface area is 197 Å². The van der Waals surface area contributed by atoms with Crippen LogP contribution in [-0.2, 0) is 4.74 Å². The topological polar surface area (TPSA) is 91.8 Å². The van der Waals surface area contributed by atoms with Gasteiger partial charge in [0.15, 0.2) is 0 Å². The van der Waals surface area contributed by atoms with E-state index in [0.29, 0.717) is 17.9 Å². The van der Waals surface area contributed by atoms with Crippen molar-refractivity contribution in [1.29, 1.82) is 0 Å². The second-order valence-corrected chi connectivity index (χ2v) is 8.41. The van der Waals surface area contributed by atoms with E-state index >= 15 is 0 Å². The Balaban J connectivity index is 1.72. The van der Waals surface area contributed by atoms with Gasteiger partial charge >= 0.3 is 6.09 Å².